The molecule has 2 amide bonds. The highest BCUT2D eigenvalue weighted by Gasteiger charge is 2.14. The number of nitrogens with one attached hydrogen (secondary N) is 2. The molecule has 0 aliphatic rings. The minimum Gasteiger partial charge on any atom is -0.326 e. The van der Waals surface area contributed by atoms with Crippen molar-refractivity contribution in [2.45, 2.75) is 33.6 Å². The van der Waals surface area contributed by atoms with Gasteiger partial charge in [0, 0.05) is 27.9 Å². The molecule has 2 aromatic rings. The molecule has 25 heavy (non-hydrogen) atoms. The maximum absolute atomic E-state index is 12.4. The van der Waals surface area contributed by atoms with Gasteiger partial charge in [0.25, 0.3) is 5.91 Å². The highest BCUT2D eigenvalue weighted by Crippen LogP contribution is 2.23. The van der Waals surface area contributed by atoms with E-state index in [0.717, 1.165) is 18.4 Å². The fourth-order valence-corrected chi connectivity index (χ4v) is 2.72. The van der Waals surface area contributed by atoms with E-state index in [1.807, 2.05) is 26.8 Å². The highest BCUT2D eigenvalue weighted by molar-refractivity contribution is 6.31. The van der Waals surface area contributed by atoms with E-state index in [0.29, 0.717) is 22.0 Å². The van der Waals surface area contributed by atoms with Gasteiger partial charge in [-0.2, -0.15) is 0 Å². The van der Waals surface area contributed by atoms with Crippen LogP contribution in [0.3, 0.4) is 0 Å². The molecule has 0 aliphatic heterocycles. The summed E-state index contributed by atoms with van der Waals surface area (Å²) >= 11 is 6.07. The smallest absolute Gasteiger partial charge is 0.255 e. The number of anilines is 2. The molecular weight excluding hydrogens is 336 g/mol. The van der Waals surface area contributed by atoms with Crippen molar-refractivity contribution in [1.29, 1.82) is 0 Å². The van der Waals surface area contributed by atoms with Crippen molar-refractivity contribution < 1.29 is 9.59 Å². The lowest BCUT2D eigenvalue weighted by molar-refractivity contribution is -0.120. The molecule has 0 atom stereocenters. The summed E-state index contributed by atoms with van der Waals surface area (Å²) in [5, 5.41) is 6.35. The molecular formula is C20H23ClN2O2. The van der Waals surface area contributed by atoms with Crippen molar-refractivity contribution in [2.24, 2.45) is 5.92 Å². The third-order valence-electron chi connectivity index (χ3n) is 4.29. The fourth-order valence-electron chi connectivity index (χ4n) is 2.55. The van der Waals surface area contributed by atoms with Gasteiger partial charge in [0.1, 0.15) is 0 Å². The van der Waals surface area contributed by atoms with Gasteiger partial charge in [-0.05, 0) is 61.7 Å². The van der Waals surface area contributed by atoms with E-state index in [9.17, 15) is 9.59 Å². The summed E-state index contributed by atoms with van der Waals surface area (Å²) in [5.41, 5.74) is 2.71. The standard InChI is InChI=1S/C20H23ClN2O2/c1-4-14(5-2)19(24)22-16-11-9-15(10-12-16)20(25)23-18-8-6-7-17(21)13(18)3/h6-12,14H,4-5H2,1-3H3,(H,22,24)(H,23,25). The van der Waals surface area contributed by atoms with Crippen LogP contribution in [0.15, 0.2) is 42.5 Å². The Labute approximate surface area is 153 Å². The quantitative estimate of drug-likeness (QED) is 0.738. The summed E-state index contributed by atoms with van der Waals surface area (Å²) in [7, 11) is 0. The van der Waals surface area contributed by atoms with Crippen molar-refractivity contribution in [2.75, 3.05) is 10.6 Å². The van der Waals surface area contributed by atoms with Gasteiger partial charge in [0.05, 0.1) is 0 Å². The molecule has 2 rings (SSSR count). The Kier molecular flexibility index (Phi) is 6.59. The number of benzene rings is 2. The summed E-state index contributed by atoms with van der Waals surface area (Å²) < 4.78 is 0. The first-order valence-electron chi connectivity index (χ1n) is 8.43. The molecule has 0 heterocycles. The lowest BCUT2D eigenvalue weighted by Crippen LogP contribution is -2.21. The molecule has 2 N–H and O–H groups in total. The molecule has 5 heteroatoms. The molecule has 0 aliphatic carbocycles. The van der Waals surface area contributed by atoms with Gasteiger partial charge in [0.15, 0.2) is 0 Å². The van der Waals surface area contributed by atoms with E-state index >= 15 is 0 Å². The number of carbonyl (C=O) groups is 2. The zero-order valence-electron chi connectivity index (χ0n) is 14.7. The van der Waals surface area contributed by atoms with Gasteiger partial charge in [0.2, 0.25) is 5.91 Å². The first-order chi connectivity index (χ1) is 12.0. The Morgan fingerprint density at radius 3 is 2.24 bits per heavy atom. The van der Waals surface area contributed by atoms with E-state index in [4.69, 9.17) is 11.6 Å². The molecule has 132 valence electrons. The zero-order chi connectivity index (χ0) is 18.4. The van der Waals surface area contributed by atoms with Gasteiger partial charge >= 0.3 is 0 Å². The SMILES string of the molecule is CCC(CC)C(=O)Nc1ccc(C(=O)Nc2cccc(Cl)c2C)cc1. The Morgan fingerprint density at radius 1 is 1.00 bits per heavy atom. The van der Waals surface area contributed by atoms with Crippen LogP contribution >= 0.6 is 11.6 Å². The predicted molar refractivity (Wildman–Crippen MR) is 103 cm³/mol. The number of amides is 2. The summed E-state index contributed by atoms with van der Waals surface area (Å²) in [5.74, 6) is -0.200. The van der Waals surface area contributed by atoms with Gasteiger partial charge in [-0.1, -0.05) is 31.5 Å². The van der Waals surface area contributed by atoms with Crippen LogP contribution < -0.4 is 10.6 Å². The largest absolute Gasteiger partial charge is 0.326 e. The van der Waals surface area contributed by atoms with Crippen molar-refractivity contribution >= 4 is 34.8 Å². The first-order valence-corrected chi connectivity index (χ1v) is 8.81. The van der Waals surface area contributed by atoms with E-state index < -0.39 is 0 Å². The third-order valence-corrected chi connectivity index (χ3v) is 4.70. The van der Waals surface area contributed by atoms with Crippen molar-refractivity contribution in [3.8, 4) is 0 Å². The van der Waals surface area contributed by atoms with Crippen LogP contribution in [0.1, 0.15) is 42.6 Å². The van der Waals surface area contributed by atoms with Crippen LogP contribution in [0.25, 0.3) is 0 Å². The van der Waals surface area contributed by atoms with Gasteiger partial charge < -0.3 is 10.6 Å². The van der Waals surface area contributed by atoms with E-state index in [1.165, 1.54) is 0 Å². The average molecular weight is 359 g/mol. The number of hydrogen-bond acceptors (Lipinski definition) is 2. The highest BCUT2D eigenvalue weighted by atomic mass is 35.5. The molecule has 0 bridgehead atoms. The minimum absolute atomic E-state index is 0.00813. The summed E-state index contributed by atoms with van der Waals surface area (Å²) in [6.45, 7) is 5.85. The molecule has 2 aromatic carbocycles. The van der Waals surface area contributed by atoms with Crippen LogP contribution in [0.4, 0.5) is 11.4 Å². The van der Waals surface area contributed by atoms with Crippen LogP contribution in [-0.4, -0.2) is 11.8 Å². The molecule has 0 radical (unpaired) electrons. The molecule has 4 nitrogen and oxygen atoms in total. The molecule has 0 spiro atoms. The Bertz CT molecular complexity index is 753. The topological polar surface area (TPSA) is 58.2 Å². The number of rotatable bonds is 6. The Morgan fingerprint density at radius 2 is 1.64 bits per heavy atom. The second kappa shape index (κ2) is 8.67. The first kappa shape index (κ1) is 19.0. The molecule has 0 saturated heterocycles. The number of halogens is 1. The summed E-state index contributed by atoms with van der Waals surface area (Å²) in [6.07, 6.45) is 1.61. The normalized spacial score (nSPS) is 10.6. The Hall–Kier alpha value is -2.33. The second-order valence-corrected chi connectivity index (χ2v) is 6.35. The lowest BCUT2D eigenvalue weighted by atomic mass is 10.0. The average Bonchev–Trinajstić information content (AvgIpc) is 2.60. The summed E-state index contributed by atoms with van der Waals surface area (Å²) in [6, 6.07) is 12.2. The third kappa shape index (κ3) is 4.83. The van der Waals surface area contributed by atoms with Crippen LogP contribution in [0, 0.1) is 12.8 Å². The maximum atomic E-state index is 12.4. The van der Waals surface area contributed by atoms with Crippen LogP contribution in [0.2, 0.25) is 5.02 Å². The number of hydrogen-bond donors (Lipinski definition) is 2. The van der Waals surface area contributed by atoms with Gasteiger partial charge in [-0.15, -0.1) is 0 Å². The monoisotopic (exact) mass is 358 g/mol. The second-order valence-electron chi connectivity index (χ2n) is 5.95. The van der Waals surface area contributed by atoms with E-state index in [-0.39, 0.29) is 17.7 Å². The van der Waals surface area contributed by atoms with Crippen molar-refractivity contribution in [3.05, 3.63) is 58.6 Å². The lowest BCUT2D eigenvalue weighted by Gasteiger charge is -2.13. The van der Waals surface area contributed by atoms with Crippen LogP contribution in [0.5, 0.6) is 0 Å². The van der Waals surface area contributed by atoms with Crippen molar-refractivity contribution in [3.63, 3.8) is 0 Å². The molecule has 0 fully saturated rings. The van der Waals surface area contributed by atoms with E-state index in [1.54, 1.807) is 36.4 Å². The molecule has 0 unspecified atom stereocenters. The zero-order valence-corrected chi connectivity index (χ0v) is 15.5. The molecule has 0 saturated carbocycles. The van der Waals surface area contributed by atoms with Gasteiger partial charge in [-0.25, -0.2) is 0 Å². The van der Waals surface area contributed by atoms with Crippen LogP contribution in [-0.2, 0) is 4.79 Å². The van der Waals surface area contributed by atoms with Gasteiger partial charge in [-0.3, -0.25) is 9.59 Å². The summed E-state index contributed by atoms with van der Waals surface area (Å²) in [4.78, 5) is 24.5. The molecule has 0 aromatic heterocycles. The Balaban J connectivity index is 2.05. The van der Waals surface area contributed by atoms with E-state index in [2.05, 4.69) is 10.6 Å². The minimum atomic E-state index is -0.219. The number of carbonyl (C=O) groups excluding carboxylic acids is 2. The fraction of sp³-hybridized carbons (Fsp3) is 0.300. The van der Waals surface area contributed by atoms with Crippen molar-refractivity contribution in [1.82, 2.24) is 0 Å². The predicted octanol–water partition coefficient (Wildman–Crippen LogP) is 5.28. The maximum Gasteiger partial charge on any atom is 0.255 e.